The molecule has 0 N–H and O–H groups in total. The van der Waals surface area contributed by atoms with E-state index in [1.165, 1.54) is 11.3 Å². The van der Waals surface area contributed by atoms with E-state index in [-0.39, 0.29) is 0 Å². The van der Waals surface area contributed by atoms with Gasteiger partial charge in [-0.25, -0.2) is 0 Å². The number of benzene rings is 1. The molecule has 0 amide bonds. The summed E-state index contributed by atoms with van der Waals surface area (Å²) in [6.45, 7) is 6.86. The highest BCUT2D eigenvalue weighted by Crippen LogP contribution is 2.26. The quantitative estimate of drug-likeness (QED) is 0.647. The molecular weight excluding hydrogens is 176 g/mol. The molecule has 0 heterocycles. The van der Waals surface area contributed by atoms with Crippen LogP contribution in [-0.4, -0.2) is 5.25 Å². The van der Waals surface area contributed by atoms with Gasteiger partial charge in [-0.2, -0.15) is 0 Å². The van der Waals surface area contributed by atoms with Crippen molar-refractivity contribution in [3.63, 3.8) is 0 Å². The minimum Gasteiger partial charge on any atom is -0.123 e. The summed E-state index contributed by atoms with van der Waals surface area (Å²) in [5.41, 5.74) is 0. The third kappa shape index (κ3) is 4.37. The highest BCUT2D eigenvalue weighted by molar-refractivity contribution is 7.99. The summed E-state index contributed by atoms with van der Waals surface area (Å²) >= 11 is 1.97. The lowest BCUT2D eigenvalue weighted by Gasteiger charge is -2.12. The molecule has 0 aromatic heterocycles. The lowest BCUT2D eigenvalue weighted by atomic mass is 10.1. The van der Waals surface area contributed by atoms with Gasteiger partial charge in [-0.15, -0.1) is 11.8 Å². The molecule has 0 bridgehead atoms. The average Bonchev–Trinajstić information content (AvgIpc) is 2.04. The van der Waals surface area contributed by atoms with E-state index >= 15 is 0 Å². The zero-order chi connectivity index (χ0) is 9.68. The van der Waals surface area contributed by atoms with E-state index in [1.54, 1.807) is 0 Å². The van der Waals surface area contributed by atoms with Crippen LogP contribution in [0.4, 0.5) is 0 Å². The van der Waals surface area contributed by atoms with Gasteiger partial charge in [0.1, 0.15) is 0 Å². The van der Waals surface area contributed by atoms with Gasteiger partial charge < -0.3 is 0 Å². The van der Waals surface area contributed by atoms with Gasteiger partial charge in [0.25, 0.3) is 0 Å². The molecule has 1 atom stereocenters. The molecule has 0 aliphatic heterocycles. The Morgan fingerprint density at radius 2 is 1.69 bits per heavy atom. The Morgan fingerprint density at radius 1 is 1.08 bits per heavy atom. The molecular formula is C12H18S. The predicted molar refractivity (Wildman–Crippen MR) is 61.2 cm³/mol. The molecule has 72 valence electrons. The van der Waals surface area contributed by atoms with Crippen LogP contribution < -0.4 is 0 Å². The zero-order valence-corrected chi connectivity index (χ0v) is 9.47. The van der Waals surface area contributed by atoms with Crippen molar-refractivity contribution in [2.75, 3.05) is 0 Å². The van der Waals surface area contributed by atoms with Gasteiger partial charge in [-0.3, -0.25) is 0 Å². The maximum atomic E-state index is 2.30. The Bertz CT molecular complexity index is 228. The van der Waals surface area contributed by atoms with Crippen molar-refractivity contribution in [3.8, 4) is 0 Å². The summed E-state index contributed by atoms with van der Waals surface area (Å²) in [6.07, 6.45) is 1.29. The molecule has 0 nitrogen and oxygen atoms in total. The van der Waals surface area contributed by atoms with Gasteiger partial charge >= 0.3 is 0 Å². The Kier molecular flexibility index (Phi) is 4.37. The smallest absolute Gasteiger partial charge is 0.00746 e. The van der Waals surface area contributed by atoms with Gasteiger partial charge in [0.05, 0.1) is 0 Å². The van der Waals surface area contributed by atoms with E-state index < -0.39 is 0 Å². The fourth-order valence-corrected chi connectivity index (χ4v) is 2.70. The molecule has 1 heteroatoms. The normalized spacial score (nSPS) is 13.2. The molecule has 0 fully saturated rings. The molecule has 1 aromatic carbocycles. The Morgan fingerprint density at radius 3 is 2.23 bits per heavy atom. The second-order valence-corrected chi connectivity index (χ2v) is 5.38. The summed E-state index contributed by atoms with van der Waals surface area (Å²) in [5, 5.41) is 0.724. The van der Waals surface area contributed by atoms with Crippen molar-refractivity contribution in [2.24, 2.45) is 5.92 Å². The van der Waals surface area contributed by atoms with Crippen LogP contribution in [0.3, 0.4) is 0 Å². The summed E-state index contributed by atoms with van der Waals surface area (Å²) in [7, 11) is 0. The van der Waals surface area contributed by atoms with E-state index in [1.807, 2.05) is 11.8 Å². The molecule has 1 rings (SSSR count). The lowest BCUT2D eigenvalue weighted by Crippen LogP contribution is -2.00. The fourth-order valence-electron chi connectivity index (χ4n) is 1.44. The third-order valence-corrected chi connectivity index (χ3v) is 3.02. The second-order valence-electron chi connectivity index (χ2n) is 3.87. The molecule has 0 saturated carbocycles. The molecule has 13 heavy (non-hydrogen) atoms. The maximum Gasteiger partial charge on any atom is 0.00746 e. The third-order valence-electron chi connectivity index (χ3n) is 1.88. The van der Waals surface area contributed by atoms with Crippen LogP contribution in [0.25, 0.3) is 0 Å². The first-order chi connectivity index (χ1) is 6.18. The highest BCUT2D eigenvalue weighted by atomic mass is 32.2. The van der Waals surface area contributed by atoms with Crippen LogP contribution >= 0.6 is 11.8 Å². The van der Waals surface area contributed by atoms with Crippen molar-refractivity contribution in [1.29, 1.82) is 0 Å². The first kappa shape index (κ1) is 10.6. The molecule has 0 aliphatic rings. The van der Waals surface area contributed by atoms with Crippen molar-refractivity contribution in [1.82, 2.24) is 0 Å². The number of rotatable bonds is 4. The lowest BCUT2D eigenvalue weighted by molar-refractivity contribution is 0.585. The zero-order valence-electron chi connectivity index (χ0n) is 8.66. The molecule has 0 spiro atoms. The van der Waals surface area contributed by atoms with Crippen molar-refractivity contribution < 1.29 is 0 Å². The van der Waals surface area contributed by atoms with Gasteiger partial charge in [0.15, 0.2) is 0 Å². The monoisotopic (exact) mass is 194 g/mol. The van der Waals surface area contributed by atoms with E-state index in [9.17, 15) is 0 Å². The molecule has 1 unspecified atom stereocenters. The minimum atomic E-state index is 0.724. The highest BCUT2D eigenvalue weighted by Gasteiger charge is 2.05. The molecule has 0 saturated heterocycles. The minimum absolute atomic E-state index is 0.724. The van der Waals surface area contributed by atoms with Crippen molar-refractivity contribution >= 4 is 11.8 Å². The van der Waals surface area contributed by atoms with Crippen molar-refractivity contribution in [2.45, 2.75) is 37.3 Å². The van der Waals surface area contributed by atoms with E-state index in [0.29, 0.717) is 0 Å². The van der Waals surface area contributed by atoms with Crippen LogP contribution in [0.2, 0.25) is 0 Å². The largest absolute Gasteiger partial charge is 0.123 e. The topological polar surface area (TPSA) is 0 Å². The van der Waals surface area contributed by atoms with E-state index in [4.69, 9.17) is 0 Å². The Hall–Kier alpha value is -0.430. The number of hydrogen-bond donors (Lipinski definition) is 0. The van der Waals surface area contributed by atoms with Crippen LogP contribution in [0.5, 0.6) is 0 Å². The van der Waals surface area contributed by atoms with Crippen LogP contribution in [0.15, 0.2) is 35.2 Å². The summed E-state index contributed by atoms with van der Waals surface area (Å²) in [5.74, 6) is 0.797. The Balaban J connectivity index is 2.41. The van der Waals surface area contributed by atoms with Gasteiger partial charge in [-0.05, 0) is 24.5 Å². The predicted octanol–water partition coefficient (Wildman–Crippen LogP) is 4.21. The van der Waals surface area contributed by atoms with Gasteiger partial charge in [-0.1, -0.05) is 39.0 Å². The molecule has 1 aromatic rings. The van der Waals surface area contributed by atoms with Crippen molar-refractivity contribution in [3.05, 3.63) is 30.3 Å². The standard InChI is InChI=1S/C12H18S/c1-10(2)9-11(3)13-12-7-5-4-6-8-12/h4-8,10-11H,9H2,1-3H3. The van der Waals surface area contributed by atoms with E-state index in [2.05, 4.69) is 51.1 Å². The van der Waals surface area contributed by atoms with E-state index in [0.717, 1.165) is 11.2 Å². The average molecular weight is 194 g/mol. The summed E-state index contributed by atoms with van der Waals surface area (Å²) in [4.78, 5) is 1.38. The van der Waals surface area contributed by atoms with Crippen LogP contribution in [-0.2, 0) is 0 Å². The molecule has 0 aliphatic carbocycles. The Labute approximate surface area is 85.7 Å². The first-order valence-corrected chi connectivity index (χ1v) is 5.78. The molecule has 0 radical (unpaired) electrons. The van der Waals surface area contributed by atoms with Gasteiger partial charge in [0, 0.05) is 10.1 Å². The SMILES string of the molecule is CC(C)CC(C)Sc1ccccc1. The van der Waals surface area contributed by atoms with Crippen LogP contribution in [0.1, 0.15) is 27.2 Å². The fraction of sp³-hybridized carbons (Fsp3) is 0.500. The number of hydrogen-bond acceptors (Lipinski definition) is 1. The first-order valence-electron chi connectivity index (χ1n) is 4.90. The second kappa shape index (κ2) is 5.33. The maximum absolute atomic E-state index is 2.30. The van der Waals surface area contributed by atoms with Crippen LogP contribution in [0, 0.1) is 5.92 Å². The van der Waals surface area contributed by atoms with Gasteiger partial charge in [0.2, 0.25) is 0 Å². The summed E-state index contributed by atoms with van der Waals surface area (Å²) in [6, 6.07) is 10.6. The summed E-state index contributed by atoms with van der Waals surface area (Å²) < 4.78 is 0. The number of thioether (sulfide) groups is 1.